The molecular weight excluding hydrogens is 282 g/mol. The fraction of sp³-hybridized carbons (Fsp3) is 0.917. The monoisotopic (exact) mass is 305 g/mol. The minimum atomic E-state index is -3.35. The quantitative estimate of drug-likeness (QED) is 0.750. The van der Waals surface area contributed by atoms with Crippen molar-refractivity contribution in [2.75, 3.05) is 13.1 Å². The van der Waals surface area contributed by atoms with Gasteiger partial charge >= 0.3 is 0 Å². The fourth-order valence-corrected chi connectivity index (χ4v) is 4.81. The average molecular weight is 305 g/mol. The van der Waals surface area contributed by atoms with Crippen LogP contribution in [0.3, 0.4) is 0 Å². The van der Waals surface area contributed by atoms with Crippen LogP contribution in [0.1, 0.15) is 45.4 Å². The molecule has 1 unspecified atom stereocenters. The lowest BCUT2D eigenvalue weighted by atomic mass is 10.1. The molecule has 0 aromatic rings. The van der Waals surface area contributed by atoms with E-state index in [9.17, 15) is 8.42 Å². The van der Waals surface area contributed by atoms with Crippen molar-refractivity contribution in [1.29, 1.82) is 0 Å². The minimum absolute atomic E-state index is 0.102. The van der Waals surface area contributed by atoms with Gasteiger partial charge in [0, 0.05) is 31.6 Å². The zero-order valence-corrected chi connectivity index (χ0v) is 13.0. The van der Waals surface area contributed by atoms with Crippen LogP contribution in [0.5, 0.6) is 0 Å². The smallest absolute Gasteiger partial charge is 0.282 e. The summed E-state index contributed by atoms with van der Waals surface area (Å²) < 4.78 is 28.8. The molecule has 1 heterocycles. The zero-order valence-electron chi connectivity index (χ0n) is 11.4. The Morgan fingerprint density at radius 2 is 2.05 bits per heavy atom. The maximum absolute atomic E-state index is 12.8. The van der Waals surface area contributed by atoms with Crippen molar-refractivity contribution >= 4 is 27.4 Å². The number of nitrogens with two attached hydrogens (primary N) is 1. The summed E-state index contributed by atoms with van der Waals surface area (Å²) in [7, 11) is -3.35. The molecule has 7 heteroatoms. The van der Waals surface area contributed by atoms with Gasteiger partial charge in [0.15, 0.2) is 0 Å². The van der Waals surface area contributed by atoms with Crippen LogP contribution in [0.25, 0.3) is 0 Å². The summed E-state index contributed by atoms with van der Waals surface area (Å²) in [5.41, 5.74) is 5.51. The van der Waals surface area contributed by atoms with Crippen molar-refractivity contribution in [3.63, 3.8) is 0 Å². The molecule has 2 fully saturated rings. The maximum atomic E-state index is 12.8. The van der Waals surface area contributed by atoms with E-state index in [1.807, 2.05) is 6.92 Å². The van der Waals surface area contributed by atoms with Crippen molar-refractivity contribution in [2.45, 2.75) is 57.5 Å². The summed E-state index contributed by atoms with van der Waals surface area (Å²) in [5, 5.41) is 0. The van der Waals surface area contributed by atoms with Crippen LogP contribution >= 0.6 is 12.2 Å². The molecule has 0 aromatic heterocycles. The third-order valence-electron chi connectivity index (χ3n) is 3.87. The van der Waals surface area contributed by atoms with Gasteiger partial charge in [0.2, 0.25) is 0 Å². The van der Waals surface area contributed by atoms with Crippen molar-refractivity contribution < 1.29 is 8.42 Å². The van der Waals surface area contributed by atoms with E-state index in [-0.39, 0.29) is 12.1 Å². The van der Waals surface area contributed by atoms with Crippen LogP contribution < -0.4 is 5.73 Å². The van der Waals surface area contributed by atoms with Crippen molar-refractivity contribution in [3.05, 3.63) is 0 Å². The molecule has 2 aliphatic rings. The second-order valence-corrected chi connectivity index (χ2v) is 7.88. The third-order valence-corrected chi connectivity index (χ3v) is 6.28. The molecule has 1 aliphatic carbocycles. The molecule has 1 aliphatic heterocycles. The largest absolute Gasteiger partial charge is 0.393 e. The molecule has 110 valence electrons. The Bertz CT molecular complexity index is 434. The lowest BCUT2D eigenvalue weighted by molar-refractivity contribution is 0.243. The molecule has 0 amide bonds. The Labute approximate surface area is 121 Å². The van der Waals surface area contributed by atoms with E-state index in [0.717, 1.165) is 32.1 Å². The molecular formula is C12H23N3O2S2. The van der Waals surface area contributed by atoms with E-state index in [2.05, 4.69) is 0 Å². The van der Waals surface area contributed by atoms with E-state index < -0.39 is 10.2 Å². The molecule has 5 nitrogen and oxygen atoms in total. The Morgan fingerprint density at radius 1 is 1.37 bits per heavy atom. The first-order valence-corrected chi connectivity index (χ1v) is 8.80. The molecule has 1 saturated heterocycles. The van der Waals surface area contributed by atoms with Gasteiger partial charge in [-0.15, -0.1) is 0 Å². The summed E-state index contributed by atoms with van der Waals surface area (Å²) in [5.74, 6) is 0. The Hall–Kier alpha value is -0.240. The maximum Gasteiger partial charge on any atom is 0.282 e. The number of thiocarbonyl (C=S) groups is 1. The standard InChI is InChI=1S/C12H23N3O2S2/c1-10-4-2-3-8-14(10)19(16,17)15(11-5-6-11)9-7-12(13)18/h10-11H,2-9H2,1H3,(H2,13,18). The Morgan fingerprint density at radius 3 is 2.58 bits per heavy atom. The van der Waals surface area contributed by atoms with Crippen LogP contribution in [-0.2, 0) is 10.2 Å². The Balaban J connectivity index is 2.11. The van der Waals surface area contributed by atoms with E-state index in [1.165, 1.54) is 0 Å². The summed E-state index contributed by atoms with van der Waals surface area (Å²) in [4.78, 5) is 0.382. The van der Waals surface area contributed by atoms with E-state index in [1.54, 1.807) is 8.61 Å². The van der Waals surface area contributed by atoms with Crippen LogP contribution in [0.4, 0.5) is 0 Å². The highest BCUT2D eigenvalue weighted by molar-refractivity contribution is 7.86. The van der Waals surface area contributed by atoms with Gasteiger partial charge in [0.25, 0.3) is 10.2 Å². The molecule has 2 rings (SSSR count). The van der Waals surface area contributed by atoms with Gasteiger partial charge in [0.1, 0.15) is 0 Å². The van der Waals surface area contributed by atoms with Gasteiger partial charge in [-0.05, 0) is 32.6 Å². The third kappa shape index (κ3) is 3.65. The first-order valence-electron chi connectivity index (χ1n) is 7.00. The van der Waals surface area contributed by atoms with E-state index in [4.69, 9.17) is 18.0 Å². The lowest BCUT2D eigenvalue weighted by Gasteiger charge is -2.36. The van der Waals surface area contributed by atoms with Crippen LogP contribution in [0.2, 0.25) is 0 Å². The molecule has 19 heavy (non-hydrogen) atoms. The first kappa shape index (κ1) is 15.2. The van der Waals surface area contributed by atoms with Gasteiger partial charge in [0.05, 0.1) is 4.99 Å². The van der Waals surface area contributed by atoms with E-state index in [0.29, 0.717) is 24.5 Å². The zero-order chi connectivity index (χ0) is 14.0. The number of nitrogens with zero attached hydrogens (tertiary/aromatic N) is 2. The number of hydrogen-bond donors (Lipinski definition) is 1. The van der Waals surface area contributed by atoms with Crippen molar-refractivity contribution in [2.24, 2.45) is 5.73 Å². The minimum Gasteiger partial charge on any atom is -0.393 e. The van der Waals surface area contributed by atoms with Crippen LogP contribution in [0, 0.1) is 0 Å². The topological polar surface area (TPSA) is 66.6 Å². The molecule has 0 aromatic carbocycles. The SMILES string of the molecule is CC1CCCCN1S(=O)(=O)N(CCC(N)=S)C1CC1. The highest BCUT2D eigenvalue weighted by Gasteiger charge is 2.41. The highest BCUT2D eigenvalue weighted by atomic mass is 32.2. The second kappa shape index (κ2) is 6.03. The van der Waals surface area contributed by atoms with Gasteiger partial charge in [-0.3, -0.25) is 0 Å². The summed E-state index contributed by atoms with van der Waals surface area (Å²) in [6, 6.07) is 0.262. The second-order valence-electron chi connectivity index (χ2n) is 5.52. The average Bonchev–Trinajstić information content (AvgIpc) is 3.13. The van der Waals surface area contributed by atoms with Gasteiger partial charge in [-0.2, -0.15) is 17.0 Å². The van der Waals surface area contributed by atoms with Crippen molar-refractivity contribution in [1.82, 2.24) is 8.61 Å². The first-order chi connectivity index (χ1) is 8.93. The number of rotatable bonds is 6. The summed E-state index contributed by atoms with van der Waals surface area (Å²) >= 11 is 4.87. The molecule has 2 N–H and O–H groups in total. The predicted molar refractivity (Wildman–Crippen MR) is 80.1 cm³/mol. The van der Waals surface area contributed by atoms with Crippen LogP contribution in [-0.4, -0.2) is 47.2 Å². The molecule has 1 saturated carbocycles. The van der Waals surface area contributed by atoms with Crippen LogP contribution in [0.15, 0.2) is 0 Å². The molecule has 1 atom stereocenters. The predicted octanol–water partition coefficient (Wildman–Crippen LogP) is 1.25. The highest BCUT2D eigenvalue weighted by Crippen LogP contribution is 2.32. The summed E-state index contributed by atoms with van der Waals surface area (Å²) in [6.45, 7) is 3.06. The fourth-order valence-electron chi connectivity index (χ4n) is 2.62. The van der Waals surface area contributed by atoms with Gasteiger partial charge in [-0.25, -0.2) is 0 Å². The lowest BCUT2D eigenvalue weighted by Crippen LogP contribution is -2.51. The number of piperidine rings is 1. The summed E-state index contributed by atoms with van der Waals surface area (Å²) in [6.07, 6.45) is 5.40. The van der Waals surface area contributed by atoms with Crippen molar-refractivity contribution in [3.8, 4) is 0 Å². The molecule has 0 bridgehead atoms. The van der Waals surface area contributed by atoms with E-state index >= 15 is 0 Å². The molecule has 0 radical (unpaired) electrons. The number of hydrogen-bond acceptors (Lipinski definition) is 3. The van der Waals surface area contributed by atoms with Gasteiger partial charge < -0.3 is 5.73 Å². The van der Waals surface area contributed by atoms with Gasteiger partial charge in [-0.1, -0.05) is 18.6 Å². The normalized spacial score (nSPS) is 25.7. The molecule has 0 spiro atoms. The Kier molecular flexibility index (Phi) is 4.81.